The molecule has 0 aliphatic rings. The summed E-state index contributed by atoms with van der Waals surface area (Å²) in [7, 11) is 0. The highest BCUT2D eigenvalue weighted by Gasteiger charge is 2.03. The smallest absolute Gasteiger partial charge is 0.0949 e. The molecule has 2 aromatic rings. The molecule has 0 saturated heterocycles. The summed E-state index contributed by atoms with van der Waals surface area (Å²) in [6.45, 7) is 0.743. The van der Waals surface area contributed by atoms with Crippen LogP contribution in [-0.4, -0.2) is 9.55 Å². The molecule has 14 heavy (non-hydrogen) atoms. The molecule has 4 heteroatoms. The van der Waals surface area contributed by atoms with E-state index < -0.39 is 0 Å². The average Bonchev–Trinajstić information content (AvgIpc) is 2.64. The molecule has 0 fully saturated rings. The summed E-state index contributed by atoms with van der Waals surface area (Å²) in [5.41, 5.74) is 7.76. The minimum absolute atomic E-state index is 0.743. The number of rotatable bonds is 2. The van der Waals surface area contributed by atoms with Crippen molar-refractivity contribution in [2.45, 2.75) is 6.54 Å². The van der Waals surface area contributed by atoms with E-state index in [0.717, 1.165) is 22.3 Å². The van der Waals surface area contributed by atoms with Gasteiger partial charge in [-0.1, -0.05) is 22.0 Å². The Kier molecular flexibility index (Phi) is 2.54. The lowest BCUT2D eigenvalue weighted by Crippen LogP contribution is -2.01. The summed E-state index contributed by atoms with van der Waals surface area (Å²) < 4.78 is 3.02. The number of hydrogen-bond acceptors (Lipinski definition) is 2. The number of hydrogen-bond donors (Lipinski definition) is 1. The van der Waals surface area contributed by atoms with E-state index in [4.69, 9.17) is 5.73 Å². The van der Waals surface area contributed by atoms with Gasteiger partial charge in [0.2, 0.25) is 0 Å². The fourth-order valence-electron chi connectivity index (χ4n) is 1.30. The van der Waals surface area contributed by atoms with E-state index in [0.29, 0.717) is 0 Å². The highest BCUT2D eigenvalue weighted by atomic mass is 79.9. The van der Waals surface area contributed by atoms with Crippen LogP contribution < -0.4 is 5.73 Å². The van der Waals surface area contributed by atoms with Crippen molar-refractivity contribution < 1.29 is 0 Å². The Labute approximate surface area is 90.7 Å². The quantitative estimate of drug-likeness (QED) is 0.833. The number of anilines is 1. The van der Waals surface area contributed by atoms with Crippen LogP contribution in [0.1, 0.15) is 5.56 Å². The van der Waals surface area contributed by atoms with Gasteiger partial charge >= 0.3 is 0 Å². The van der Waals surface area contributed by atoms with Gasteiger partial charge in [-0.25, -0.2) is 4.98 Å². The first-order valence-corrected chi connectivity index (χ1v) is 5.05. The number of nitrogen functional groups attached to an aromatic ring is 1. The molecule has 3 nitrogen and oxygen atoms in total. The first-order valence-electron chi connectivity index (χ1n) is 4.26. The maximum absolute atomic E-state index is 5.87. The Hall–Kier alpha value is -1.29. The topological polar surface area (TPSA) is 43.8 Å². The Morgan fingerprint density at radius 3 is 2.93 bits per heavy atom. The summed E-state index contributed by atoms with van der Waals surface area (Å²) in [6, 6.07) is 5.82. The van der Waals surface area contributed by atoms with E-state index >= 15 is 0 Å². The van der Waals surface area contributed by atoms with Crippen LogP contribution in [0.25, 0.3) is 0 Å². The van der Waals surface area contributed by atoms with Gasteiger partial charge in [0.05, 0.1) is 12.9 Å². The number of imidazole rings is 1. The van der Waals surface area contributed by atoms with Crippen LogP contribution in [-0.2, 0) is 6.54 Å². The molecule has 0 radical (unpaired) electrons. The minimum atomic E-state index is 0.743. The molecule has 0 atom stereocenters. The molecule has 2 rings (SSSR count). The molecule has 1 aromatic heterocycles. The van der Waals surface area contributed by atoms with Gasteiger partial charge in [-0.3, -0.25) is 0 Å². The molecule has 0 bridgehead atoms. The summed E-state index contributed by atoms with van der Waals surface area (Å²) in [5, 5.41) is 0. The van der Waals surface area contributed by atoms with Crippen molar-refractivity contribution in [1.29, 1.82) is 0 Å². The first kappa shape index (κ1) is 9.27. The summed E-state index contributed by atoms with van der Waals surface area (Å²) in [6.07, 6.45) is 5.45. The van der Waals surface area contributed by atoms with Gasteiger partial charge in [0.1, 0.15) is 0 Å². The van der Waals surface area contributed by atoms with Crippen LogP contribution in [0.3, 0.4) is 0 Å². The SMILES string of the molecule is Nc1cccc(Br)c1Cn1ccnc1. The Morgan fingerprint density at radius 1 is 1.43 bits per heavy atom. The van der Waals surface area contributed by atoms with Gasteiger partial charge in [-0.2, -0.15) is 0 Å². The third-order valence-electron chi connectivity index (χ3n) is 2.05. The normalized spacial score (nSPS) is 10.4. The van der Waals surface area contributed by atoms with Crippen molar-refractivity contribution in [3.63, 3.8) is 0 Å². The van der Waals surface area contributed by atoms with Crippen LogP contribution >= 0.6 is 15.9 Å². The number of aromatic nitrogens is 2. The Morgan fingerprint density at radius 2 is 2.29 bits per heavy atom. The lowest BCUT2D eigenvalue weighted by atomic mass is 10.2. The average molecular weight is 252 g/mol. The monoisotopic (exact) mass is 251 g/mol. The molecule has 72 valence electrons. The molecule has 0 aliphatic heterocycles. The summed E-state index contributed by atoms with van der Waals surface area (Å²) >= 11 is 3.48. The van der Waals surface area contributed by atoms with Gasteiger partial charge < -0.3 is 10.3 Å². The van der Waals surface area contributed by atoms with Gasteiger partial charge in [-0.05, 0) is 12.1 Å². The highest BCUT2D eigenvalue weighted by molar-refractivity contribution is 9.10. The zero-order valence-electron chi connectivity index (χ0n) is 7.52. The molecule has 0 unspecified atom stereocenters. The lowest BCUT2D eigenvalue weighted by molar-refractivity contribution is 0.796. The Balaban J connectivity index is 2.33. The molecule has 0 amide bonds. The van der Waals surface area contributed by atoms with E-state index in [1.165, 1.54) is 0 Å². The van der Waals surface area contributed by atoms with E-state index in [1.807, 2.05) is 29.0 Å². The van der Waals surface area contributed by atoms with Crippen molar-refractivity contribution in [3.8, 4) is 0 Å². The van der Waals surface area contributed by atoms with E-state index in [1.54, 1.807) is 12.5 Å². The number of nitrogens with two attached hydrogens (primary N) is 1. The van der Waals surface area contributed by atoms with Crippen molar-refractivity contribution in [1.82, 2.24) is 9.55 Å². The van der Waals surface area contributed by atoms with Gasteiger partial charge in [-0.15, -0.1) is 0 Å². The second-order valence-corrected chi connectivity index (χ2v) is 3.90. The maximum atomic E-state index is 5.87. The third-order valence-corrected chi connectivity index (χ3v) is 2.80. The molecule has 1 heterocycles. The first-order chi connectivity index (χ1) is 6.77. The largest absolute Gasteiger partial charge is 0.398 e. The second kappa shape index (κ2) is 3.84. The molecular formula is C10H10BrN3. The number of halogens is 1. The highest BCUT2D eigenvalue weighted by Crippen LogP contribution is 2.23. The van der Waals surface area contributed by atoms with Crippen LogP contribution in [0, 0.1) is 0 Å². The molecule has 2 N–H and O–H groups in total. The second-order valence-electron chi connectivity index (χ2n) is 3.04. The minimum Gasteiger partial charge on any atom is -0.398 e. The predicted molar refractivity (Wildman–Crippen MR) is 59.9 cm³/mol. The predicted octanol–water partition coefficient (Wildman–Crippen LogP) is 2.28. The van der Waals surface area contributed by atoms with Gasteiger partial charge in [0.15, 0.2) is 0 Å². The fourth-order valence-corrected chi connectivity index (χ4v) is 1.81. The van der Waals surface area contributed by atoms with Crippen molar-refractivity contribution >= 4 is 21.6 Å². The van der Waals surface area contributed by atoms with E-state index in [2.05, 4.69) is 20.9 Å². The fraction of sp³-hybridized carbons (Fsp3) is 0.100. The molecular weight excluding hydrogens is 242 g/mol. The van der Waals surface area contributed by atoms with Gasteiger partial charge in [0, 0.05) is 28.1 Å². The molecule has 0 saturated carbocycles. The van der Waals surface area contributed by atoms with Crippen LogP contribution in [0.2, 0.25) is 0 Å². The number of benzene rings is 1. The zero-order chi connectivity index (χ0) is 9.97. The number of nitrogens with zero attached hydrogens (tertiary/aromatic N) is 2. The van der Waals surface area contributed by atoms with E-state index in [-0.39, 0.29) is 0 Å². The summed E-state index contributed by atoms with van der Waals surface area (Å²) in [4.78, 5) is 3.98. The molecule has 0 spiro atoms. The van der Waals surface area contributed by atoms with Crippen molar-refractivity contribution in [3.05, 3.63) is 47.0 Å². The molecule has 0 aliphatic carbocycles. The van der Waals surface area contributed by atoms with E-state index in [9.17, 15) is 0 Å². The Bertz CT molecular complexity index is 403. The zero-order valence-corrected chi connectivity index (χ0v) is 9.11. The van der Waals surface area contributed by atoms with Crippen LogP contribution in [0.4, 0.5) is 5.69 Å². The maximum Gasteiger partial charge on any atom is 0.0949 e. The van der Waals surface area contributed by atoms with Crippen LogP contribution in [0.15, 0.2) is 41.4 Å². The lowest BCUT2D eigenvalue weighted by Gasteiger charge is -2.08. The molecule has 1 aromatic carbocycles. The van der Waals surface area contributed by atoms with Crippen molar-refractivity contribution in [2.24, 2.45) is 0 Å². The summed E-state index contributed by atoms with van der Waals surface area (Å²) in [5.74, 6) is 0. The standard InChI is InChI=1S/C10H10BrN3/c11-9-2-1-3-10(12)8(9)6-14-5-4-13-7-14/h1-5,7H,6,12H2. The van der Waals surface area contributed by atoms with Gasteiger partial charge in [0.25, 0.3) is 0 Å². The van der Waals surface area contributed by atoms with Crippen molar-refractivity contribution in [2.75, 3.05) is 5.73 Å². The van der Waals surface area contributed by atoms with Crippen LogP contribution in [0.5, 0.6) is 0 Å². The third kappa shape index (κ3) is 1.80.